The Morgan fingerprint density at radius 1 is 1.13 bits per heavy atom. The van der Waals surface area contributed by atoms with E-state index in [1.165, 1.54) is 5.39 Å². The molecular formula is C13H8BrN. The Bertz CT molecular complexity index is 505. The standard InChI is InChI=1S/C13H8N.BrH/c1-3-7-12-10(5-1)9-11-6-2-4-8-13(11)14-12;/h1-5,7-9H;1H/q+1;/p-1. The number of hydrogen-bond donors (Lipinski definition) is 0. The number of rotatable bonds is 0. The lowest BCUT2D eigenvalue weighted by Crippen LogP contribution is -3.00. The minimum absolute atomic E-state index is 0. The minimum atomic E-state index is 0. The molecule has 3 rings (SSSR count). The van der Waals surface area contributed by atoms with Crippen LogP contribution in [0.15, 0.2) is 42.5 Å². The van der Waals surface area contributed by atoms with E-state index in [-0.39, 0.29) is 17.0 Å². The number of pyridine rings is 1. The summed E-state index contributed by atoms with van der Waals surface area (Å²) in [5.41, 5.74) is 3.12. The van der Waals surface area contributed by atoms with Crippen LogP contribution < -0.4 is 17.0 Å². The molecule has 0 bridgehead atoms. The quantitative estimate of drug-likeness (QED) is 0.605. The van der Waals surface area contributed by atoms with Gasteiger partial charge in [0.2, 0.25) is 0 Å². The molecule has 1 nitrogen and oxygen atoms in total. The van der Waals surface area contributed by atoms with Crippen molar-refractivity contribution in [2.75, 3.05) is 0 Å². The average Bonchev–Trinajstić information content (AvgIpc) is 2.26. The molecule has 2 heteroatoms. The Balaban J connectivity index is 0.000000853. The summed E-state index contributed by atoms with van der Waals surface area (Å²) >= 11 is 0. The first kappa shape index (κ1) is 10.0. The molecule has 1 aliphatic rings. The Morgan fingerprint density at radius 3 is 2.93 bits per heavy atom. The maximum atomic E-state index is 4.55. The molecule has 1 aromatic carbocycles. The Morgan fingerprint density at radius 2 is 2.00 bits per heavy atom. The van der Waals surface area contributed by atoms with Crippen LogP contribution in [0, 0.1) is 6.08 Å². The summed E-state index contributed by atoms with van der Waals surface area (Å²) < 4.78 is 0. The number of aromatic nitrogens is 1. The normalized spacial score (nSPS) is 11.7. The number of para-hydroxylation sites is 1. The van der Waals surface area contributed by atoms with Gasteiger partial charge in [0.15, 0.2) is 11.3 Å². The third kappa shape index (κ3) is 1.70. The van der Waals surface area contributed by atoms with Gasteiger partial charge in [-0.1, -0.05) is 12.1 Å². The average molecular weight is 258 g/mol. The van der Waals surface area contributed by atoms with Gasteiger partial charge in [-0.3, -0.25) is 0 Å². The number of nitrogens with zero attached hydrogens (tertiary/aromatic N) is 1. The summed E-state index contributed by atoms with van der Waals surface area (Å²) in [6.07, 6.45) is 9.07. The van der Waals surface area contributed by atoms with Gasteiger partial charge in [-0.15, -0.1) is 0 Å². The van der Waals surface area contributed by atoms with Crippen LogP contribution in [0.2, 0.25) is 0 Å². The van der Waals surface area contributed by atoms with Gasteiger partial charge in [-0.05, 0) is 12.1 Å². The summed E-state index contributed by atoms with van der Waals surface area (Å²) in [5.74, 6) is 0. The van der Waals surface area contributed by atoms with Crippen molar-refractivity contribution < 1.29 is 17.0 Å². The van der Waals surface area contributed by atoms with Gasteiger partial charge >= 0.3 is 0 Å². The third-order valence-corrected chi connectivity index (χ3v) is 2.34. The highest BCUT2D eigenvalue weighted by Gasteiger charge is 2.11. The number of hydrogen-bond acceptors (Lipinski definition) is 1. The largest absolute Gasteiger partial charge is 1.00 e. The van der Waals surface area contributed by atoms with Crippen LogP contribution in [0.1, 0.15) is 11.3 Å². The molecule has 1 aliphatic carbocycles. The number of halogens is 1. The molecule has 0 fully saturated rings. The van der Waals surface area contributed by atoms with Gasteiger partial charge in [0.05, 0.1) is 11.6 Å². The maximum absolute atomic E-state index is 4.55. The number of allylic oxidation sites excluding steroid dienone is 2. The Hall–Kier alpha value is -1.50. The molecule has 0 aliphatic heterocycles. The first-order valence-electron chi connectivity index (χ1n) is 4.60. The van der Waals surface area contributed by atoms with Crippen molar-refractivity contribution in [3.05, 3.63) is 59.8 Å². The maximum Gasteiger partial charge on any atom is 0.174 e. The molecular weight excluding hydrogens is 250 g/mol. The SMILES string of the molecule is [Br-].[C+]1=CC=Cc2nc3ccccc3cc21. The fourth-order valence-electron chi connectivity index (χ4n) is 1.65. The molecule has 0 saturated heterocycles. The van der Waals surface area contributed by atoms with E-state index < -0.39 is 0 Å². The summed E-state index contributed by atoms with van der Waals surface area (Å²) in [5, 5.41) is 1.17. The lowest BCUT2D eigenvalue weighted by molar-refractivity contribution is -0.00000270. The second-order valence-corrected chi connectivity index (χ2v) is 3.28. The fraction of sp³-hybridized carbons (Fsp3) is 0. The van der Waals surface area contributed by atoms with Crippen molar-refractivity contribution in [1.82, 2.24) is 4.98 Å². The van der Waals surface area contributed by atoms with E-state index in [2.05, 4.69) is 23.2 Å². The zero-order valence-corrected chi connectivity index (χ0v) is 9.53. The van der Waals surface area contributed by atoms with Gasteiger partial charge in [-0.25, -0.2) is 0 Å². The minimum Gasteiger partial charge on any atom is -1.00 e. The van der Waals surface area contributed by atoms with Crippen LogP contribution in [-0.2, 0) is 0 Å². The first-order chi connectivity index (χ1) is 6.93. The molecule has 72 valence electrons. The Labute approximate surface area is 98.9 Å². The highest BCUT2D eigenvalue weighted by atomic mass is 79.9. The van der Waals surface area contributed by atoms with Crippen LogP contribution in [0.3, 0.4) is 0 Å². The molecule has 2 aromatic rings. The molecule has 0 unspecified atom stereocenters. The molecule has 0 N–H and O–H groups in total. The van der Waals surface area contributed by atoms with Crippen molar-refractivity contribution in [3.63, 3.8) is 0 Å². The second-order valence-electron chi connectivity index (χ2n) is 3.28. The smallest absolute Gasteiger partial charge is 0.174 e. The molecule has 0 amide bonds. The lowest BCUT2D eigenvalue weighted by Gasteiger charge is -1.98. The molecule has 15 heavy (non-hydrogen) atoms. The summed E-state index contributed by atoms with van der Waals surface area (Å²) in [7, 11) is 0. The summed E-state index contributed by atoms with van der Waals surface area (Å²) in [4.78, 5) is 4.55. The van der Waals surface area contributed by atoms with Crippen molar-refractivity contribution in [2.24, 2.45) is 0 Å². The predicted octanol–water partition coefficient (Wildman–Crippen LogP) is -0.0269. The van der Waals surface area contributed by atoms with Crippen LogP contribution in [0.25, 0.3) is 17.0 Å². The van der Waals surface area contributed by atoms with Gasteiger partial charge in [0, 0.05) is 29.7 Å². The first-order valence-corrected chi connectivity index (χ1v) is 4.60. The number of fused-ring (bicyclic) bond motifs is 2. The van der Waals surface area contributed by atoms with E-state index in [1.807, 2.05) is 36.4 Å². The Kier molecular flexibility index (Phi) is 2.63. The zero-order valence-electron chi connectivity index (χ0n) is 7.94. The van der Waals surface area contributed by atoms with Crippen molar-refractivity contribution in [2.45, 2.75) is 0 Å². The summed E-state index contributed by atoms with van der Waals surface area (Å²) in [6, 6.07) is 10.3. The zero-order chi connectivity index (χ0) is 9.38. The molecule has 0 saturated carbocycles. The van der Waals surface area contributed by atoms with Gasteiger partial charge in [-0.2, -0.15) is 4.98 Å². The second kappa shape index (κ2) is 3.93. The van der Waals surface area contributed by atoms with E-state index in [0.717, 1.165) is 16.8 Å². The van der Waals surface area contributed by atoms with Crippen LogP contribution >= 0.6 is 0 Å². The third-order valence-electron chi connectivity index (χ3n) is 2.34. The van der Waals surface area contributed by atoms with E-state index in [9.17, 15) is 0 Å². The van der Waals surface area contributed by atoms with E-state index in [4.69, 9.17) is 0 Å². The van der Waals surface area contributed by atoms with Crippen molar-refractivity contribution in [3.8, 4) is 0 Å². The van der Waals surface area contributed by atoms with Gasteiger partial charge in [0.1, 0.15) is 0 Å². The van der Waals surface area contributed by atoms with E-state index in [0.29, 0.717) is 0 Å². The summed E-state index contributed by atoms with van der Waals surface area (Å²) in [6.45, 7) is 0. The van der Waals surface area contributed by atoms with Crippen LogP contribution in [0.4, 0.5) is 0 Å². The fourth-order valence-corrected chi connectivity index (χ4v) is 1.65. The van der Waals surface area contributed by atoms with Gasteiger partial charge in [0.25, 0.3) is 0 Å². The predicted molar refractivity (Wildman–Crippen MR) is 57.7 cm³/mol. The van der Waals surface area contributed by atoms with Crippen molar-refractivity contribution >= 4 is 17.0 Å². The number of benzene rings is 1. The van der Waals surface area contributed by atoms with Gasteiger partial charge < -0.3 is 17.0 Å². The topological polar surface area (TPSA) is 12.9 Å². The van der Waals surface area contributed by atoms with Crippen LogP contribution in [0.5, 0.6) is 0 Å². The monoisotopic (exact) mass is 257 g/mol. The lowest BCUT2D eigenvalue weighted by atomic mass is 10.1. The highest BCUT2D eigenvalue weighted by molar-refractivity contribution is 5.81. The molecule has 1 aromatic heterocycles. The van der Waals surface area contributed by atoms with E-state index in [1.54, 1.807) is 0 Å². The van der Waals surface area contributed by atoms with Crippen molar-refractivity contribution in [1.29, 1.82) is 0 Å². The van der Waals surface area contributed by atoms with Crippen LogP contribution in [-0.4, -0.2) is 4.98 Å². The highest BCUT2D eigenvalue weighted by Crippen LogP contribution is 2.19. The molecule has 0 spiro atoms. The molecule has 1 heterocycles. The molecule has 0 atom stereocenters. The van der Waals surface area contributed by atoms with E-state index >= 15 is 0 Å². The molecule has 0 radical (unpaired) electrons.